The number of aliphatic hydroxyl groups is 1. The summed E-state index contributed by atoms with van der Waals surface area (Å²) in [6, 6.07) is 5.30. The third-order valence-corrected chi connectivity index (χ3v) is 4.28. The summed E-state index contributed by atoms with van der Waals surface area (Å²) in [4.78, 5) is 21.4. The maximum atomic E-state index is 12.7. The SMILES string of the molecule is CCC[C@@H](NC(=O)c1ccc2c(c1)ncn2CCO)c1nccn1C. The van der Waals surface area contributed by atoms with Crippen molar-refractivity contribution in [3.8, 4) is 0 Å². The van der Waals surface area contributed by atoms with E-state index in [9.17, 15) is 4.79 Å². The van der Waals surface area contributed by atoms with Gasteiger partial charge in [-0.1, -0.05) is 13.3 Å². The van der Waals surface area contributed by atoms with Crippen molar-refractivity contribution < 1.29 is 9.90 Å². The van der Waals surface area contributed by atoms with Gasteiger partial charge in [-0.2, -0.15) is 0 Å². The fourth-order valence-corrected chi connectivity index (χ4v) is 3.00. The lowest BCUT2D eigenvalue weighted by molar-refractivity contribution is 0.0932. The summed E-state index contributed by atoms with van der Waals surface area (Å²) in [6.07, 6.45) is 7.07. The van der Waals surface area contributed by atoms with Crippen molar-refractivity contribution in [1.82, 2.24) is 24.4 Å². The molecule has 0 aliphatic heterocycles. The van der Waals surface area contributed by atoms with Crippen molar-refractivity contribution in [2.24, 2.45) is 7.05 Å². The molecule has 3 aromatic rings. The highest BCUT2D eigenvalue weighted by atomic mass is 16.3. The number of nitrogens with zero attached hydrogens (tertiary/aromatic N) is 4. The van der Waals surface area contributed by atoms with E-state index < -0.39 is 0 Å². The standard InChI is InChI=1S/C18H23N5O2/c1-3-4-14(17-19-7-8-22(17)2)21-18(25)13-5-6-16-15(11-13)20-12-23(16)9-10-24/h5-8,11-12,14,24H,3-4,9-10H2,1-2H3,(H,21,25)/t14-/m1/s1. The molecule has 3 rings (SSSR count). The van der Waals surface area contributed by atoms with Crippen LogP contribution in [0.5, 0.6) is 0 Å². The van der Waals surface area contributed by atoms with Crippen LogP contribution in [0, 0.1) is 0 Å². The van der Waals surface area contributed by atoms with Crippen molar-refractivity contribution >= 4 is 16.9 Å². The molecular formula is C18H23N5O2. The van der Waals surface area contributed by atoms with E-state index in [0.717, 1.165) is 29.7 Å². The number of aliphatic hydroxyl groups excluding tert-OH is 1. The van der Waals surface area contributed by atoms with E-state index >= 15 is 0 Å². The molecule has 0 unspecified atom stereocenters. The molecular weight excluding hydrogens is 318 g/mol. The quantitative estimate of drug-likeness (QED) is 0.689. The predicted octanol–water partition coefficient (Wildman–Crippen LogP) is 2.03. The van der Waals surface area contributed by atoms with Gasteiger partial charge < -0.3 is 19.6 Å². The van der Waals surface area contributed by atoms with Gasteiger partial charge in [0.25, 0.3) is 5.91 Å². The molecule has 7 heteroatoms. The van der Waals surface area contributed by atoms with E-state index in [2.05, 4.69) is 22.2 Å². The van der Waals surface area contributed by atoms with Crippen LogP contribution in [0.3, 0.4) is 0 Å². The van der Waals surface area contributed by atoms with Gasteiger partial charge >= 0.3 is 0 Å². The van der Waals surface area contributed by atoms with Gasteiger partial charge in [-0.15, -0.1) is 0 Å². The van der Waals surface area contributed by atoms with Crippen LogP contribution in [0.25, 0.3) is 11.0 Å². The molecule has 25 heavy (non-hydrogen) atoms. The van der Waals surface area contributed by atoms with E-state index in [-0.39, 0.29) is 18.6 Å². The van der Waals surface area contributed by atoms with Crippen LogP contribution in [0.4, 0.5) is 0 Å². The summed E-state index contributed by atoms with van der Waals surface area (Å²) in [5.41, 5.74) is 2.21. The van der Waals surface area contributed by atoms with Gasteiger partial charge in [0.05, 0.1) is 30.0 Å². The van der Waals surface area contributed by atoms with Gasteiger partial charge in [-0.3, -0.25) is 4.79 Å². The number of fused-ring (bicyclic) bond motifs is 1. The van der Waals surface area contributed by atoms with E-state index in [4.69, 9.17) is 5.11 Å². The molecule has 0 aliphatic carbocycles. The summed E-state index contributed by atoms with van der Waals surface area (Å²) < 4.78 is 3.80. The van der Waals surface area contributed by atoms with Gasteiger partial charge in [0.1, 0.15) is 5.82 Å². The monoisotopic (exact) mass is 341 g/mol. The number of aryl methyl sites for hydroxylation is 1. The normalized spacial score (nSPS) is 12.4. The lowest BCUT2D eigenvalue weighted by atomic mass is 10.1. The van der Waals surface area contributed by atoms with Gasteiger partial charge in [-0.05, 0) is 24.6 Å². The number of hydrogen-bond acceptors (Lipinski definition) is 4. The number of nitrogens with one attached hydrogen (secondary N) is 1. The Morgan fingerprint density at radius 1 is 1.36 bits per heavy atom. The zero-order valence-corrected chi connectivity index (χ0v) is 14.5. The Morgan fingerprint density at radius 2 is 2.20 bits per heavy atom. The highest BCUT2D eigenvalue weighted by molar-refractivity contribution is 5.97. The van der Waals surface area contributed by atoms with Gasteiger partial charge in [-0.25, -0.2) is 9.97 Å². The maximum Gasteiger partial charge on any atom is 0.251 e. The Balaban J connectivity index is 1.82. The molecule has 0 fully saturated rings. The topological polar surface area (TPSA) is 85.0 Å². The van der Waals surface area contributed by atoms with Crippen LogP contribution in [0.15, 0.2) is 36.9 Å². The van der Waals surface area contributed by atoms with Crippen molar-refractivity contribution in [3.63, 3.8) is 0 Å². The smallest absolute Gasteiger partial charge is 0.251 e. The summed E-state index contributed by atoms with van der Waals surface area (Å²) in [5.74, 6) is 0.712. The number of imidazole rings is 2. The molecule has 0 saturated carbocycles. The third-order valence-electron chi connectivity index (χ3n) is 4.28. The first-order valence-corrected chi connectivity index (χ1v) is 8.48. The number of aromatic nitrogens is 4. The molecule has 2 N–H and O–H groups in total. The zero-order chi connectivity index (χ0) is 17.8. The van der Waals surface area contributed by atoms with Crippen LogP contribution in [-0.2, 0) is 13.6 Å². The van der Waals surface area contributed by atoms with Gasteiger partial charge in [0.15, 0.2) is 0 Å². The minimum Gasteiger partial charge on any atom is -0.395 e. The van der Waals surface area contributed by atoms with Crippen LogP contribution in [0.2, 0.25) is 0 Å². The second-order valence-corrected chi connectivity index (χ2v) is 6.08. The molecule has 0 aliphatic rings. The highest BCUT2D eigenvalue weighted by Crippen LogP contribution is 2.19. The first-order valence-electron chi connectivity index (χ1n) is 8.48. The maximum absolute atomic E-state index is 12.7. The van der Waals surface area contributed by atoms with Crippen molar-refractivity contribution in [3.05, 3.63) is 48.3 Å². The predicted molar refractivity (Wildman–Crippen MR) is 95.1 cm³/mol. The van der Waals surface area contributed by atoms with Crippen molar-refractivity contribution in [2.75, 3.05) is 6.61 Å². The lowest BCUT2D eigenvalue weighted by Crippen LogP contribution is -2.30. The second-order valence-electron chi connectivity index (χ2n) is 6.08. The Morgan fingerprint density at radius 3 is 2.88 bits per heavy atom. The van der Waals surface area contributed by atoms with E-state index in [0.29, 0.717) is 12.1 Å². The number of amides is 1. The van der Waals surface area contributed by atoms with Crippen LogP contribution < -0.4 is 5.32 Å². The largest absolute Gasteiger partial charge is 0.395 e. The lowest BCUT2D eigenvalue weighted by Gasteiger charge is -2.18. The molecule has 0 bridgehead atoms. The molecule has 7 nitrogen and oxygen atoms in total. The average Bonchev–Trinajstić information content (AvgIpc) is 3.21. The van der Waals surface area contributed by atoms with E-state index in [1.54, 1.807) is 24.7 Å². The fourth-order valence-electron chi connectivity index (χ4n) is 3.00. The molecule has 2 heterocycles. The van der Waals surface area contributed by atoms with Crippen LogP contribution in [0.1, 0.15) is 42.0 Å². The van der Waals surface area contributed by atoms with Crippen LogP contribution in [-0.4, -0.2) is 36.7 Å². The molecule has 132 valence electrons. The molecule has 0 saturated heterocycles. The molecule has 0 spiro atoms. The number of carbonyl (C=O) groups excluding carboxylic acids is 1. The van der Waals surface area contributed by atoms with Gasteiger partial charge in [0, 0.05) is 31.5 Å². The van der Waals surface area contributed by atoms with Crippen LogP contribution >= 0.6 is 0 Å². The van der Waals surface area contributed by atoms with Crippen molar-refractivity contribution in [1.29, 1.82) is 0 Å². The number of benzene rings is 1. The van der Waals surface area contributed by atoms with E-state index in [1.165, 1.54) is 0 Å². The average molecular weight is 341 g/mol. The molecule has 2 aromatic heterocycles. The molecule has 1 amide bonds. The molecule has 1 aromatic carbocycles. The summed E-state index contributed by atoms with van der Waals surface area (Å²) >= 11 is 0. The Labute approximate surface area is 146 Å². The number of carbonyl (C=O) groups is 1. The number of rotatable bonds is 7. The second kappa shape index (κ2) is 7.48. The Bertz CT molecular complexity index is 867. The number of hydrogen-bond donors (Lipinski definition) is 2. The Hall–Kier alpha value is -2.67. The third kappa shape index (κ3) is 3.56. The molecule has 0 radical (unpaired) electrons. The summed E-state index contributed by atoms with van der Waals surface area (Å²) in [5, 5.41) is 12.2. The zero-order valence-electron chi connectivity index (χ0n) is 14.5. The summed E-state index contributed by atoms with van der Waals surface area (Å²) in [6.45, 7) is 2.62. The fraction of sp³-hybridized carbons (Fsp3) is 0.389. The highest BCUT2D eigenvalue weighted by Gasteiger charge is 2.19. The molecule has 1 atom stereocenters. The minimum absolute atomic E-state index is 0.0516. The Kier molecular flexibility index (Phi) is 5.14. The van der Waals surface area contributed by atoms with Crippen molar-refractivity contribution in [2.45, 2.75) is 32.4 Å². The van der Waals surface area contributed by atoms with E-state index in [1.807, 2.05) is 28.4 Å². The first kappa shape index (κ1) is 17.2. The van der Waals surface area contributed by atoms with Gasteiger partial charge in [0.2, 0.25) is 0 Å². The minimum atomic E-state index is -0.139. The first-order chi connectivity index (χ1) is 12.1. The summed E-state index contributed by atoms with van der Waals surface area (Å²) in [7, 11) is 1.93.